The number of nitrogens with zero attached hydrogens (tertiary/aromatic N) is 1. The number of benzene rings is 3. The van der Waals surface area contributed by atoms with Gasteiger partial charge >= 0.3 is 5.97 Å². The zero-order chi connectivity index (χ0) is 26.5. The number of ether oxygens (including phenoxy) is 1. The van der Waals surface area contributed by atoms with E-state index < -0.39 is 23.7 Å². The molecule has 0 saturated carbocycles. The van der Waals surface area contributed by atoms with E-state index in [0.29, 0.717) is 23.4 Å². The molecule has 0 radical (unpaired) electrons. The van der Waals surface area contributed by atoms with Crippen LogP contribution in [0.3, 0.4) is 0 Å². The Hall–Kier alpha value is -4.63. The molecule has 0 bridgehead atoms. The highest BCUT2D eigenvalue weighted by molar-refractivity contribution is 6.53. The summed E-state index contributed by atoms with van der Waals surface area (Å²) in [5.74, 6) is -2.37. The predicted molar refractivity (Wildman–Crippen MR) is 139 cm³/mol. The lowest BCUT2D eigenvalue weighted by Gasteiger charge is -2.16. The number of phenols is 1. The van der Waals surface area contributed by atoms with Crippen molar-refractivity contribution in [1.82, 2.24) is 0 Å². The molecule has 0 aliphatic carbocycles. The van der Waals surface area contributed by atoms with Crippen LogP contribution in [0.2, 0.25) is 0 Å². The van der Waals surface area contributed by atoms with Crippen LogP contribution in [0, 0.1) is 0 Å². The molecule has 3 amide bonds. The quantitative estimate of drug-likeness (QED) is 0.292. The number of amides is 3. The molecule has 3 N–H and O–H groups in total. The number of imide groups is 1. The maximum atomic E-state index is 13.1. The van der Waals surface area contributed by atoms with Crippen molar-refractivity contribution in [1.29, 1.82) is 0 Å². The first-order valence-electron chi connectivity index (χ1n) is 11.3. The Bertz CT molecular complexity index is 1420. The number of rotatable bonds is 8. The predicted octanol–water partition coefficient (Wildman–Crippen LogP) is 4.65. The van der Waals surface area contributed by atoms with Crippen molar-refractivity contribution < 1.29 is 29.0 Å². The number of aromatic hydroxyl groups is 1. The molecule has 4 rings (SSSR count). The SMILES string of the molecule is CCCOC(=O)c1cccc(N2C(=O)C(Cl)=C(Nc3ccc(C(=O)Nc4cccc(O)c4)cc3)C2=O)c1. The van der Waals surface area contributed by atoms with Gasteiger partial charge in [-0.3, -0.25) is 14.4 Å². The second-order valence-electron chi connectivity index (χ2n) is 8.03. The molecule has 9 nitrogen and oxygen atoms in total. The molecule has 0 atom stereocenters. The fourth-order valence-electron chi connectivity index (χ4n) is 3.53. The van der Waals surface area contributed by atoms with Crippen LogP contribution in [-0.4, -0.2) is 35.4 Å². The van der Waals surface area contributed by atoms with E-state index in [1.54, 1.807) is 30.3 Å². The van der Waals surface area contributed by atoms with Gasteiger partial charge in [-0.2, -0.15) is 0 Å². The molecule has 1 aliphatic rings. The number of nitrogens with one attached hydrogen (secondary N) is 2. The zero-order valence-electron chi connectivity index (χ0n) is 19.7. The zero-order valence-corrected chi connectivity index (χ0v) is 20.4. The minimum absolute atomic E-state index is 0.0236. The average Bonchev–Trinajstić information content (AvgIpc) is 3.10. The molecule has 0 saturated heterocycles. The molecule has 37 heavy (non-hydrogen) atoms. The summed E-state index contributed by atoms with van der Waals surface area (Å²) < 4.78 is 5.12. The van der Waals surface area contributed by atoms with E-state index in [2.05, 4.69) is 10.6 Å². The minimum Gasteiger partial charge on any atom is -0.508 e. The monoisotopic (exact) mass is 519 g/mol. The van der Waals surface area contributed by atoms with E-state index in [1.165, 1.54) is 42.5 Å². The molecule has 0 unspecified atom stereocenters. The van der Waals surface area contributed by atoms with Gasteiger partial charge in [0.2, 0.25) is 0 Å². The van der Waals surface area contributed by atoms with Crippen molar-refractivity contribution in [3.8, 4) is 5.75 Å². The van der Waals surface area contributed by atoms with Gasteiger partial charge < -0.3 is 20.5 Å². The first-order valence-corrected chi connectivity index (χ1v) is 11.7. The smallest absolute Gasteiger partial charge is 0.338 e. The number of halogens is 1. The lowest BCUT2D eigenvalue weighted by Crippen LogP contribution is -2.32. The number of esters is 1. The summed E-state index contributed by atoms with van der Waals surface area (Å²) in [5.41, 5.74) is 1.42. The maximum absolute atomic E-state index is 13.1. The topological polar surface area (TPSA) is 125 Å². The van der Waals surface area contributed by atoms with E-state index in [0.717, 1.165) is 4.90 Å². The molecule has 188 valence electrons. The molecule has 1 heterocycles. The third-order valence-electron chi connectivity index (χ3n) is 5.33. The summed E-state index contributed by atoms with van der Waals surface area (Å²) in [4.78, 5) is 51.4. The van der Waals surface area contributed by atoms with Crippen LogP contribution in [0.15, 0.2) is 83.5 Å². The Morgan fingerprint density at radius 3 is 2.35 bits per heavy atom. The molecule has 0 fully saturated rings. The number of anilines is 3. The van der Waals surface area contributed by atoms with Crippen LogP contribution in [-0.2, 0) is 14.3 Å². The lowest BCUT2D eigenvalue weighted by atomic mass is 10.1. The molecular weight excluding hydrogens is 498 g/mol. The van der Waals surface area contributed by atoms with E-state index >= 15 is 0 Å². The first-order chi connectivity index (χ1) is 17.8. The fourth-order valence-corrected chi connectivity index (χ4v) is 3.74. The number of hydrogen-bond acceptors (Lipinski definition) is 7. The Balaban J connectivity index is 1.47. The normalized spacial score (nSPS) is 13.1. The van der Waals surface area contributed by atoms with Crippen LogP contribution in [0.4, 0.5) is 17.1 Å². The van der Waals surface area contributed by atoms with E-state index in [1.807, 2.05) is 6.92 Å². The van der Waals surface area contributed by atoms with Crippen LogP contribution >= 0.6 is 11.6 Å². The second kappa shape index (κ2) is 11.0. The first kappa shape index (κ1) is 25.5. The molecule has 10 heteroatoms. The minimum atomic E-state index is -0.740. The number of hydrogen-bond donors (Lipinski definition) is 3. The summed E-state index contributed by atoms with van der Waals surface area (Å²) in [6.45, 7) is 2.12. The third kappa shape index (κ3) is 5.62. The molecule has 0 aromatic heterocycles. The van der Waals surface area contributed by atoms with Crippen molar-refractivity contribution in [2.75, 3.05) is 22.1 Å². The summed E-state index contributed by atoms with van der Waals surface area (Å²) in [6.07, 6.45) is 0.659. The van der Waals surface area contributed by atoms with Gasteiger partial charge in [-0.25, -0.2) is 9.69 Å². The van der Waals surface area contributed by atoms with Gasteiger partial charge in [-0.05, 0) is 61.0 Å². The largest absolute Gasteiger partial charge is 0.508 e. The second-order valence-corrected chi connectivity index (χ2v) is 8.41. The van der Waals surface area contributed by atoms with Crippen LogP contribution in [0.5, 0.6) is 5.75 Å². The average molecular weight is 520 g/mol. The molecule has 0 spiro atoms. The molecule has 3 aromatic carbocycles. The lowest BCUT2D eigenvalue weighted by molar-refractivity contribution is -0.120. The van der Waals surface area contributed by atoms with Crippen molar-refractivity contribution in [2.24, 2.45) is 0 Å². The van der Waals surface area contributed by atoms with E-state index in [9.17, 15) is 24.3 Å². The van der Waals surface area contributed by atoms with Crippen LogP contribution in [0.1, 0.15) is 34.1 Å². The van der Waals surface area contributed by atoms with Gasteiger partial charge in [0.25, 0.3) is 17.7 Å². The van der Waals surface area contributed by atoms with Crippen LogP contribution < -0.4 is 15.5 Å². The summed E-state index contributed by atoms with van der Waals surface area (Å²) >= 11 is 6.20. The third-order valence-corrected chi connectivity index (χ3v) is 5.68. The highest BCUT2D eigenvalue weighted by Gasteiger charge is 2.39. The Labute approximate surface area is 217 Å². The molecule has 1 aliphatic heterocycles. The number of phenolic OH excluding ortho intramolecular Hbond substituents is 1. The van der Waals surface area contributed by atoms with Gasteiger partial charge in [0.15, 0.2) is 0 Å². The summed E-state index contributed by atoms with van der Waals surface area (Å²) in [7, 11) is 0. The molecular formula is C27H22ClN3O6. The van der Waals surface area contributed by atoms with Crippen molar-refractivity contribution >= 4 is 52.4 Å². The highest BCUT2D eigenvalue weighted by Crippen LogP contribution is 2.31. The van der Waals surface area contributed by atoms with Gasteiger partial charge in [-0.1, -0.05) is 30.7 Å². The van der Waals surface area contributed by atoms with Crippen molar-refractivity contribution in [2.45, 2.75) is 13.3 Å². The Morgan fingerprint density at radius 2 is 1.65 bits per heavy atom. The highest BCUT2D eigenvalue weighted by atomic mass is 35.5. The standard InChI is InChI=1S/C27H22ClN3O6/c1-2-13-37-27(36)17-5-3-7-20(14-17)31-25(34)22(28)23(26(31)35)29-18-11-9-16(10-12-18)24(33)30-19-6-4-8-21(32)15-19/h3-12,14-15,29,32H,2,13H2,1H3,(H,30,33). The van der Waals surface area contributed by atoms with Gasteiger partial charge in [-0.15, -0.1) is 0 Å². The van der Waals surface area contributed by atoms with Gasteiger partial charge in [0.1, 0.15) is 16.5 Å². The number of carbonyl (C=O) groups excluding carboxylic acids is 4. The fraction of sp³-hybridized carbons (Fsp3) is 0.111. The van der Waals surface area contributed by atoms with Gasteiger partial charge in [0.05, 0.1) is 17.9 Å². The van der Waals surface area contributed by atoms with Crippen LogP contribution in [0.25, 0.3) is 0 Å². The summed E-state index contributed by atoms with van der Waals surface area (Å²) in [6, 6.07) is 18.3. The van der Waals surface area contributed by atoms with E-state index in [4.69, 9.17) is 16.3 Å². The van der Waals surface area contributed by atoms with Gasteiger partial charge in [0, 0.05) is 23.0 Å². The summed E-state index contributed by atoms with van der Waals surface area (Å²) in [5, 5.41) is 14.7. The Morgan fingerprint density at radius 1 is 0.919 bits per heavy atom. The Kier molecular flexibility index (Phi) is 7.55. The van der Waals surface area contributed by atoms with E-state index in [-0.39, 0.29) is 34.3 Å². The van der Waals surface area contributed by atoms with Crippen molar-refractivity contribution in [3.05, 3.63) is 94.7 Å². The maximum Gasteiger partial charge on any atom is 0.338 e. The molecule has 3 aromatic rings. The number of carbonyl (C=O) groups is 4. The van der Waals surface area contributed by atoms with Crippen molar-refractivity contribution in [3.63, 3.8) is 0 Å².